The average molecular weight is 328 g/mol. The fourth-order valence-electron chi connectivity index (χ4n) is 5.42. The van der Waals surface area contributed by atoms with Gasteiger partial charge in [-0.3, -0.25) is 4.79 Å². The Bertz CT molecular complexity index is 626. The number of ether oxygens (including phenoxy) is 1. The lowest BCUT2D eigenvalue weighted by Gasteiger charge is -2.56. The molecule has 4 bridgehead atoms. The number of carbonyl (C=O) groups is 2. The molecule has 0 aliphatic heterocycles. The lowest BCUT2D eigenvalue weighted by atomic mass is 9.54. The minimum atomic E-state index is -2.13. The molecule has 0 aromatic heterocycles. The van der Waals surface area contributed by atoms with Crippen molar-refractivity contribution in [2.24, 2.45) is 17.8 Å². The van der Waals surface area contributed by atoms with E-state index in [-0.39, 0.29) is 0 Å². The molecule has 24 heavy (non-hydrogen) atoms. The third kappa shape index (κ3) is 2.57. The number of Topliss-reactive ketones (excluding diaryl/α,β-unsaturated/α-hetero) is 1. The molecule has 0 heterocycles. The first-order valence-electron chi connectivity index (χ1n) is 8.94. The molecule has 1 N–H and O–H groups in total. The molecule has 128 valence electrons. The number of ketones is 1. The molecule has 1 atom stereocenters. The van der Waals surface area contributed by atoms with E-state index in [4.69, 9.17) is 4.74 Å². The first kappa shape index (κ1) is 15.8. The standard InChI is InChI=1S/C20H24O4/c1-19(23,17(21)16-5-3-2-4-6-16)18(22)24-20-10-13-7-14(11-20)9-15(8-13)12-20/h2-6,13-15,23H,7-12H2,1H3/t13?,14?,15?,19-,20?/m0/s1. The van der Waals surface area contributed by atoms with E-state index in [1.54, 1.807) is 30.3 Å². The molecule has 4 aliphatic rings. The summed E-state index contributed by atoms with van der Waals surface area (Å²) in [5.74, 6) is 0.521. The van der Waals surface area contributed by atoms with Crippen LogP contribution in [0.25, 0.3) is 0 Å². The van der Waals surface area contributed by atoms with Crippen LogP contribution in [0.2, 0.25) is 0 Å². The summed E-state index contributed by atoms with van der Waals surface area (Å²) in [4.78, 5) is 25.2. The lowest BCUT2D eigenvalue weighted by molar-refractivity contribution is -0.199. The molecular weight excluding hydrogens is 304 g/mol. The van der Waals surface area contributed by atoms with Crippen LogP contribution in [0.15, 0.2) is 30.3 Å². The molecule has 4 saturated carbocycles. The van der Waals surface area contributed by atoms with Crippen LogP contribution in [0.5, 0.6) is 0 Å². The highest BCUT2D eigenvalue weighted by Crippen LogP contribution is 2.57. The van der Waals surface area contributed by atoms with E-state index in [0.717, 1.165) is 19.3 Å². The molecule has 0 spiro atoms. The van der Waals surface area contributed by atoms with Crippen molar-refractivity contribution in [1.82, 2.24) is 0 Å². The Labute approximate surface area is 142 Å². The number of rotatable bonds is 4. The van der Waals surface area contributed by atoms with Gasteiger partial charge in [0.2, 0.25) is 11.4 Å². The number of aliphatic hydroxyl groups is 1. The van der Waals surface area contributed by atoms with Crippen molar-refractivity contribution in [3.05, 3.63) is 35.9 Å². The molecule has 0 radical (unpaired) electrons. The first-order valence-corrected chi connectivity index (χ1v) is 8.94. The van der Waals surface area contributed by atoms with Gasteiger partial charge in [-0.1, -0.05) is 30.3 Å². The zero-order valence-corrected chi connectivity index (χ0v) is 14.0. The number of hydrogen-bond acceptors (Lipinski definition) is 4. The van der Waals surface area contributed by atoms with Crippen LogP contribution in [-0.4, -0.2) is 28.1 Å². The normalized spacial score (nSPS) is 36.2. The topological polar surface area (TPSA) is 63.6 Å². The van der Waals surface area contributed by atoms with E-state index in [1.807, 2.05) is 0 Å². The van der Waals surface area contributed by atoms with Crippen LogP contribution in [0.1, 0.15) is 55.8 Å². The van der Waals surface area contributed by atoms with E-state index in [2.05, 4.69) is 0 Å². The van der Waals surface area contributed by atoms with Gasteiger partial charge in [-0.15, -0.1) is 0 Å². The molecule has 0 unspecified atom stereocenters. The summed E-state index contributed by atoms with van der Waals surface area (Å²) in [6.45, 7) is 1.26. The fourth-order valence-corrected chi connectivity index (χ4v) is 5.42. The third-order valence-electron chi connectivity index (χ3n) is 6.17. The van der Waals surface area contributed by atoms with Crippen LogP contribution in [0.4, 0.5) is 0 Å². The Morgan fingerprint density at radius 3 is 2.04 bits per heavy atom. The maximum Gasteiger partial charge on any atom is 0.346 e. The van der Waals surface area contributed by atoms with Gasteiger partial charge in [0.25, 0.3) is 0 Å². The highest BCUT2D eigenvalue weighted by molar-refractivity contribution is 6.14. The van der Waals surface area contributed by atoms with Gasteiger partial charge in [0, 0.05) is 5.56 Å². The zero-order chi connectivity index (χ0) is 16.9. The van der Waals surface area contributed by atoms with Gasteiger partial charge in [-0.25, -0.2) is 4.79 Å². The van der Waals surface area contributed by atoms with E-state index in [1.165, 1.54) is 26.2 Å². The van der Waals surface area contributed by atoms with Gasteiger partial charge >= 0.3 is 5.97 Å². The van der Waals surface area contributed by atoms with Gasteiger partial charge in [0.1, 0.15) is 5.60 Å². The fraction of sp³-hybridized carbons (Fsp3) is 0.600. The molecule has 4 fully saturated rings. The monoisotopic (exact) mass is 328 g/mol. The molecule has 5 rings (SSSR count). The zero-order valence-electron chi connectivity index (χ0n) is 14.0. The Morgan fingerprint density at radius 2 is 1.54 bits per heavy atom. The minimum Gasteiger partial charge on any atom is -0.457 e. The predicted molar refractivity (Wildman–Crippen MR) is 88.4 cm³/mol. The van der Waals surface area contributed by atoms with Crippen LogP contribution < -0.4 is 0 Å². The summed E-state index contributed by atoms with van der Waals surface area (Å²) in [5.41, 5.74) is -2.26. The van der Waals surface area contributed by atoms with Crippen molar-refractivity contribution < 1.29 is 19.4 Å². The second-order valence-electron chi connectivity index (χ2n) is 8.26. The van der Waals surface area contributed by atoms with Gasteiger partial charge < -0.3 is 9.84 Å². The molecule has 4 aliphatic carbocycles. The highest BCUT2D eigenvalue weighted by atomic mass is 16.6. The minimum absolute atomic E-state index is 0.324. The van der Waals surface area contributed by atoms with Gasteiger partial charge in [-0.05, 0) is 63.2 Å². The van der Waals surface area contributed by atoms with Crippen LogP contribution in [0.3, 0.4) is 0 Å². The molecular formula is C20H24O4. The Balaban J connectivity index is 1.52. The molecule has 4 heteroatoms. The summed E-state index contributed by atoms with van der Waals surface area (Å²) in [6, 6.07) is 8.43. The van der Waals surface area contributed by atoms with Crippen LogP contribution in [-0.2, 0) is 9.53 Å². The van der Waals surface area contributed by atoms with Crippen molar-refractivity contribution in [3.8, 4) is 0 Å². The summed E-state index contributed by atoms with van der Waals surface area (Å²) in [7, 11) is 0. The SMILES string of the molecule is C[C@@](O)(C(=O)OC12CC3CC(CC(C3)C1)C2)C(=O)c1ccccc1. The average Bonchev–Trinajstić information content (AvgIpc) is 2.53. The Morgan fingerprint density at radius 1 is 1.04 bits per heavy atom. The van der Waals surface area contributed by atoms with Gasteiger partial charge in [-0.2, -0.15) is 0 Å². The molecule has 1 aromatic rings. The number of hydrogen-bond donors (Lipinski definition) is 1. The number of esters is 1. The smallest absolute Gasteiger partial charge is 0.346 e. The van der Waals surface area contributed by atoms with Crippen molar-refractivity contribution in [3.63, 3.8) is 0 Å². The molecule has 0 amide bonds. The Hall–Kier alpha value is -1.68. The maximum atomic E-state index is 12.7. The molecule has 4 nitrogen and oxygen atoms in total. The van der Waals surface area contributed by atoms with E-state index >= 15 is 0 Å². The van der Waals surface area contributed by atoms with Crippen LogP contribution >= 0.6 is 0 Å². The second-order valence-corrected chi connectivity index (χ2v) is 8.26. The van der Waals surface area contributed by atoms with Gasteiger partial charge in [0.15, 0.2) is 0 Å². The number of carbonyl (C=O) groups excluding carboxylic acids is 2. The largest absolute Gasteiger partial charge is 0.457 e. The van der Waals surface area contributed by atoms with E-state index in [0.29, 0.717) is 23.3 Å². The maximum absolute atomic E-state index is 12.7. The van der Waals surface area contributed by atoms with Crippen LogP contribution in [0, 0.1) is 17.8 Å². The number of benzene rings is 1. The van der Waals surface area contributed by atoms with Crippen molar-refractivity contribution in [2.45, 2.75) is 56.7 Å². The summed E-state index contributed by atoms with van der Waals surface area (Å²) in [6.07, 6.45) is 6.41. The predicted octanol–water partition coefficient (Wildman–Crippen LogP) is 3.13. The highest BCUT2D eigenvalue weighted by Gasteiger charge is 2.55. The van der Waals surface area contributed by atoms with Crippen molar-refractivity contribution in [2.75, 3.05) is 0 Å². The van der Waals surface area contributed by atoms with E-state index in [9.17, 15) is 14.7 Å². The molecule has 0 saturated heterocycles. The molecule has 1 aromatic carbocycles. The quantitative estimate of drug-likeness (QED) is 0.524. The summed E-state index contributed by atoms with van der Waals surface area (Å²) in [5, 5.41) is 10.6. The summed E-state index contributed by atoms with van der Waals surface area (Å²) >= 11 is 0. The first-order chi connectivity index (χ1) is 11.4. The lowest BCUT2D eigenvalue weighted by Crippen LogP contribution is -2.56. The Kier molecular flexibility index (Phi) is 3.57. The summed E-state index contributed by atoms with van der Waals surface area (Å²) < 4.78 is 5.85. The third-order valence-corrected chi connectivity index (χ3v) is 6.17. The van der Waals surface area contributed by atoms with Gasteiger partial charge in [0.05, 0.1) is 0 Å². The second kappa shape index (κ2) is 5.41. The van der Waals surface area contributed by atoms with Crippen molar-refractivity contribution >= 4 is 11.8 Å². The van der Waals surface area contributed by atoms with Crippen molar-refractivity contribution in [1.29, 1.82) is 0 Å². The van der Waals surface area contributed by atoms with E-state index < -0.39 is 23.0 Å².